The quantitative estimate of drug-likeness (QED) is 0.592. The van der Waals surface area contributed by atoms with Crippen molar-refractivity contribution in [3.05, 3.63) is 47.9 Å². The fourth-order valence-corrected chi connectivity index (χ4v) is 6.29. The summed E-state index contributed by atoms with van der Waals surface area (Å²) in [7, 11) is 1.91. The van der Waals surface area contributed by atoms with Crippen LogP contribution >= 0.6 is 0 Å². The molecule has 6 rings (SSSR count). The van der Waals surface area contributed by atoms with Crippen molar-refractivity contribution in [2.24, 2.45) is 18.9 Å². The van der Waals surface area contributed by atoms with Crippen LogP contribution in [0.1, 0.15) is 37.3 Å². The number of hydrogen-bond acceptors (Lipinski definition) is 6. The first-order valence-electron chi connectivity index (χ1n) is 13.1. The third-order valence-electron chi connectivity index (χ3n) is 8.66. The molecule has 4 heterocycles. The largest absolute Gasteiger partial charge is 0.379 e. The molecule has 190 valence electrons. The van der Waals surface area contributed by atoms with Crippen LogP contribution in [0.25, 0.3) is 10.8 Å². The van der Waals surface area contributed by atoms with Crippen molar-refractivity contribution >= 4 is 28.2 Å². The van der Waals surface area contributed by atoms with Gasteiger partial charge in [0, 0.05) is 80.7 Å². The maximum Gasteiger partial charge on any atom is 0.229 e. The predicted octanol–water partition coefficient (Wildman–Crippen LogP) is 3.57. The molecule has 3 aromatic rings. The van der Waals surface area contributed by atoms with E-state index in [4.69, 9.17) is 4.74 Å². The summed E-state index contributed by atoms with van der Waals surface area (Å²) in [5.74, 6) is 1.15. The van der Waals surface area contributed by atoms with Crippen molar-refractivity contribution in [2.45, 2.75) is 38.6 Å². The number of carbonyl (C=O) groups excluding carboxylic acids is 1. The molecular formula is C28H36N6O2. The molecule has 36 heavy (non-hydrogen) atoms. The molecule has 1 aromatic carbocycles. The molecule has 2 saturated heterocycles. The number of anilines is 2. The summed E-state index contributed by atoms with van der Waals surface area (Å²) in [5, 5.41) is 9.54. The highest BCUT2D eigenvalue weighted by Crippen LogP contribution is 2.54. The fourth-order valence-electron chi connectivity index (χ4n) is 6.29. The van der Waals surface area contributed by atoms with Crippen LogP contribution in [-0.2, 0) is 16.6 Å². The van der Waals surface area contributed by atoms with Crippen LogP contribution in [0.15, 0.2) is 36.8 Å². The van der Waals surface area contributed by atoms with Crippen LogP contribution < -0.4 is 10.2 Å². The SMILES string of the molecule is Cc1cc2cnc(NC(=O)[C@@H]3C(c4cnn(C)c4)[C@@H]3C)cc2cc1N1CCN(C2(C)CCOC2)CC1. The van der Waals surface area contributed by atoms with Gasteiger partial charge in [0.15, 0.2) is 0 Å². The lowest BCUT2D eigenvalue weighted by Crippen LogP contribution is -2.56. The molecule has 1 saturated carbocycles. The number of fused-ring (bicyclic) bond motifs is 1. The third-order valence-corrected chi connectivity index (χ3v) is 8.66. The van der Waals surface area contributed by atoms with E-state index in [0.717, 1.165) is 62.1 Å². The Labute approximate surface area is 212 Å². The highest BCUT2D eigenvalue weighted by atomic mass is 16.5. The summed E-state index contributed by atoms with van der Waals surface area (Å²) in [6, 6.07) is 6.48. The first-order chi connectivity index (χ1) is 17.3. The molecule has 1 amide bonds. The first-order valence-corrected chi connectivity index (χ1v) is 13.1. The molecule has 1 N–H and O–H groups in total. The van der Waals surface area contributed by atoms with Gasteiger partial charge in [0.2, 0.25) is 5.91 Å². The summed E-state index contributed by atoms with van der Waals surface area (Å²) < 4.78 is 7.48. The van der Waals surface area contributed by atoms with Gasteiger partial charge in [0.1, 0.15) is 5.82 Å². The van der Waals surface area contributed by atoms with Crippen molar-refractivity contribution in [3.8, 4) is 0 Å². The summed E-state index contributed by atoms with van der Waals surface area (Å²) in [4.78, 5) is 22.7. The van der Waals surface area contributed by atoms with Gasteiger partial charge < -0.3 is 15.0 Å². The van der Waals surface area contributed by atoms with Crippen molar-refractivity contribution in [1.29, 1.82) is 0 Å². The van der Waals surface area contributed by atoms with Gasteiger partial charge in [0.05, 0.1) is 12.8 Å². The number of amides is 1. The molecule has 0 radical (unpaired) electrons. The second-order valence-electron chi connectivity index (χ2n) is 11.2. The van der Waals surface area contributed by atoms with E-state index in [-0.39, 0.29) is 23.3 Å². The van der Waals surface area contributed by atoms with Gasteiger partial charge in [0.25, 0.3) is 0 Å². The van der Waals surface area contributed by atoms with Gasteiger partial charge in [-0.3, -0.25) is 14.4 Å². The Morgan fingerprint density at radius 2 is 1.94 bits per heavy atom. The van der Waals surface area contributed by atoms with E-state index in [0.29, 0.717) is 11.7 Å². The van der Waals surface area contributed by atoms with E-state index >= 15 is 0 Å². The topological polar surface area (TPSA) is 75.5 Å². The Morgan fingerprint density at radius 3 is 2.64 bits per heavy atom. The van der Waals surface area contributed by atoms with E-state index in [9.17, 15) is 4.79 Å². The summed E-state index contributed by atoms with van der Waals surface area (Å²) in [6.07, 6.45) is 6.87. The van der Waals surface area contributed by atoms with Crippen molar-refractivity contribution < 1.29 is 9.53 Å². The van der Waals surface area contributed by atoms with E-state index in [1.54, 1.807) is 4.68 Å². The lowest BCUT2D eigenvalue weighted by atomic mass is 9.97. The van der Waals surface area contributed by atoms with Gasteiger partial charge in [-0.25, -0.2) is 4.98 Å². The van der Waals surface area contributed by atoms with Gasteiger partial charge >= 0.3 is 0 Å². The predicted molar refractivity (Wildman–Crippen MR) is 141 cm³/mol. The first kappa shape index (κ1) is 23.4. The highest BCUT2D eigenvalue weighted by Gasteiger charge is 2.53. The minimum absolute atomic E-state index is 0.0380. The molecule has 4 atom stereocenters. The zero-order valence-electron chi connectivity index (χ0n) is 21.7. The number of aryl methyl sites for hydroxylation is 2. The van der Waals surface area contributed by atoms with Crippen molar-refractivity contribution in [3.63, 3.8) is 0 Å². The van der Waals surface area contributed by atoms with E-state index < -0.39 is 0 Å². The lowest BCUT2D eigenvalue weighted by Gasteiger charge is -2.44. The number of rotatable bonds is 5. The fraction of sp³-hybridized carbons (Fsp3) is 0.536. The monoisotopic (exact) mass is 488 g/mol. The van der Waals surface area contributed by atoms with Crippen LogP contribution in [0.4, 0.5) is 11.5 Å². The molecule has 0 spiro atoms. The van der Waals surface area contributed by atoms with Crippen LogP contribution in [0.2, 0.25) is 0 Å². The third kappa shape index (κ3) is 4.16. The standard InChI is InChI=1S/C28H36N6O2/c1-18-11-21-14-29-24(31-27(35)26-19(2)25(26)22-15-30-32(4)16-22)13-20(21)12-23(18)33-6-8-34(9-7-33)28(3)5-10-36-17-28/h11-16,19,25-26H,5-10,17H2,1-4H3,(H,29,31,35)/t19-,25?,26-,28?/m0/s1. The van der Waals surface area contributed by atoms with E-state index in [1.165, 1.54) is 11.3 Å². The molecule has 1 aliphatic carbocycles. The normalized spacial score (nSPS) is 28.6. The minimum atomic E-state index is -0.0382. The molecule has 3 fully saturated rings. The Hall–Kier alpha value is -2.97. The number of piperazine rings is 1. The van der Waals surface area contributed by atoms with Gasteiger partial charge in [-0.15, -0.1) is 0 Å². The number of pyridine rings is 1. The zero-order valence-corrected chi connectivity index (χ0v) is 21.7. The number of nitrogens with zero attached hydrogens (tertiary/aromatic N) is 5. The smallest absolute Gasteiger partial charge is 0.229 e. The lowest BCUT2D eigenvalue weighted by molar-refractivity contribution is -0.117. The van der Waals surface area contributed by atoms with Crippen LogP contribution in [0.3, 0.4) is 0 Å². The summed E-state index contributed by atoms with van der Waals surface area (Å²) in [6.45, 7) is 12.5. The molecular weight excluding hydrogens is 452 g/mol. The van der Waals surface area contributed by atoms with Crippen molar-refractivity contribution in [1.82, 2.24) is 19.7 Å². The molecule has 2 unspecified atom stereocenters. The second-order valence-corrected chi connectivity index (χ2v) is 11.2. The Kier molecular flexibility index (Phi) is 5.76. The van der Waals surface area contributed by atoms with Crippen molar-refractivity contribution in [2.75, 3.05) is 49.6 Å². The average Bonchev–Trinajstić information content (AvgIpc) is 3.15. The number of aromatic nitrogens is 3. The van der Waals surface area contributed by atoms with Gasteiger partial charge in [-0.2, -0.15) is 5.10 Å². The molecule has 3 aliphatic rings. The molecule has 8 heteroatoms. The van der Waals surface area contributed by atoms with E-state index in [1.807, 2.05) is 31.7 Å². The zero-order chi connectivity index (χ0) is 25.0. The Balaban J connectivity index is 1.16. The molecule has 0 bridgehead atoms. The van der Waals surface area contributed by atoms with Gasteiger partial charge in [-0.1, -0.05) is 6.92 Å². The van der Waals surface area contributed by atoms with Crippen LogP contribution in [0.5, 0.6) is 0 Å². The number of nitrogens with one attached hydrogen (secondary N) is 1. The van der Waals surface area contributed by atoms with E-state index in [2.05, 4.69) is 58.1 Å². The molecule has 2 aromatic heterocycles. The number of carbonyl (C=O) groups is 1. The minimum Gasteiger partial charge on any atom is -0.379 e. The maximum atomic E-state index is 13.0. The summed E-state index contributed by atoms with van der Waals surface area (Å²) >= 11 is 0. The van der Waals surface area contributed by atoms with Crippen LogP contribution in [0, 0.1) is 18.8 Å². The average molecular weight is 489 g/mol. The number of hydrogen-bond donors (Lipinski definition) is 1. The van der Waals surface area contributed by atoms with Crippen LogP contribution in [-0.4, -0.2) is 70.5 Å². The van der Waals surface area contributed by atoms with Gasteiger partial charge in [-0.05, 0) is 60.9 Å². The molecule has 8 nitrogen and oxygen atoms in total. The highest BCUT2D eigenvalue weighted by molar-refractivity contribution is 5.97. The number of ether oxygens (including phenoxy) is 1. The second kappa shape index (κ2) is 8.85. The maximum absolute atomic E-state index is 13.0. The Morgan fingerprint density at radius 1 is 1.14 bits per heavy atom. The molecule has 2 aliphatic heterocycles. The summed E-state index contributed by atoms with van der Waals surface area (Å²) in [5.41, 5.74) is 3.84. The number of benzene rings is 1. The Bertz CT molecular complexity index is 1290.